The molecule has 4 atom stereocenters. The molecule has 3 aliphatic carbocycles. The van der Waals surface area contributed by atoms with Gasteiger partial charge in [0, 0.05) is 47.6 Å². The van der Waals surface area contributed by atoms with Crippen LogP contribution < -0.4 is 9.46 Å². The van der Waals surface area contributed by atoms with Crippen LogP contribution in [0.5, 0.6) is 5.75 Å². The van der Waals surface area contributed by atoms with Gasteiger partial charge in [0.25, 0.3) is 5.91 Å². The first-order valence-electron chi connectivity index (χ1n) is 18.2. The molecule has 1 N–H and O–H groups in total. The number of hydrogen-bond donors (Lipinski definition) is 1. The van der Waals surface area contributed by atoms with E-state index in [4.69, 9.17) is 4.74 Å². The molecule has 2 amide bonds. The number of methoxy groups -OCH3 is 1. The molecule has 2 bridgehead atoms. The van der Waals surface area contributed by atoms with Crippen LogP contribution in [0.15, 0.2) is 36.4 Å². The normalized spacial score (nSPS) is 28.6. The fourth-order valence-electron chi connectivity index (χ4n) is 10.4. The lowest BCUT2D eigenvalue weighted by molar-refractivity contribution is -0.142. The van der Waals surface area contributed by atoms with E-state index in [-0.39, 0.29) is 23.9 Å². The molecule has 2 aromatic carbocycles. The van der Waals surface area contributed by atoms with Crippen molar-refractivity contribution in [3.05, 3.63) is 53.1 Å². The van der Waals surface area contributed by atoms with Crippen molar-refractivity contribution in [2.24, 2.45) is 0 Å². The third-order valence-corrected chi connectivity index (χ3v) is 14.6. The molecule has 3 aromatic rings. The quantitative estimate of drug-likeness (QED) is 0.352. The lowest BCUT2D eigenvalue weighted by Gasteiger charge is -2.43. The van der Waals surface area contributed by atoms with Crippen LogP contribution >= 0.6 is 0 Å². The minimum Gasteiger partial charge on any atom is -0.497 e. The Morgan fingerprint density at radius 1 is 0.896 bits per heavy atom. The number of sulfonamides is 1. The molecular formula is C38H46N4O5S. The third-order valence-electron chi connectivity index (χ3n) is 12.7. The highest BCUT2D eigenvalue weighted by molar-refractivity contribution is 7.90. The zero-order valence-electron chi connectivity index (χ0n) is 28.0. The fraction of sp³-hybridized carbons (Fsp3) is 0.579. The van der Waals surface area contributed by atoms with E-state index in [1.165, 1.54) is 30.4 Å². The maximum Gasteiger partial charge on any atom is 0.264 e. The number of piperazine rings is 1. The van der Waals surface area contributed by atoms with E-state index in [0.717, 1.165) is 79.5 Å². The number of carbonyl (C=O) groups excluding carboxylic acids is 2. The average molecular weight is 671 g/mol. The summed E-state index contributed by atoms with van der Waals surface area (Å²) < 4.78 is 36.8. The summed E-state index contributed by atoms with van der Waals surface area (Å²) >= 11 is 0. The molecule has 10 heteroatoms. The molecule has 9 nitrogen and oxygen atoms in total. The Morgan fingerprint density at radius 2 is 1.60 bits per heavy atom. The van der Waals surface area contributed by atoms with Crippen molar-refractivity contribution in [1.82, 2.24) is 19.1 Å². The van der Waals surface area contributed by atoms with Crippen molar-refractivity contribution < 1.29 is 22.7 Å². The van der Waals surface area contributed by atoms with Crippen LogP contribution in [-0.2, 0) is 20.4 Å². The van der Waals surface area contributed by atoms with E-state index in [1.807, 2.05) is 18.2 Å². The molecule has 1 aromatic heterocycles. The predicted octanol–water partition coefficient (Wildman–Crippen LogP) is 5.87. The Morgan fingerprint density at radius 3 is 2.31 bits per heavy atom. The number of nitrogens with zero attached hydrogens (tertiary/aromatic N) is 3. The summed E-state index contributed by atoms with van der Waals surface area (Å²) in [5.41, 5.74) is 5.11. The number of hydrogen-bond acceptors (Lipinski definition) is 6. The van der Waals surface area contributed by atoms with Crippen molar-refractivity contribution in [2.45, 2.75) is 112 Å². The van der Waals surface area contributed by atoms with E-state index >= 15 is 4.79 Å². The minimum atomic E-state index is -3.77. The molecule has 4 heterocycles. The van der Waals surface area contributed by atoms with Crippen LogP contribution in [0.2, 0.25) is 0 Å². The molecule has 5 fully saturated rings. The Bertz CT molecular complexity index is 1930. The monoisotopic (exact) mass is 670 g/mol. The molecule has 0 radical (unpaired) electrons. The summed E-state index contributed by atoms with van der Waals surface area (Å²) in [6.07, 6.45) is 11.4. The van der Waals surface area contributed by atoms with Crippen molar-refractivity contribution in [3.63, 3.8) is 0 Å². The summed E-state index contributed by atoms with van der Waals surface area (Å²) in [7, 11) is 0.0789. The minimum absolute atomic E-state index is 0.00307. The van der Waals surface area contributed by atoms with Crippen molar-refractivity contribution in [2.75, 3.05) is 27.2 Å². The van der Waals surface area contributed by atoms with E-state index in [2.05, 4.69) is 38.3 Å². The van der Waals surface area contributed by atoms with Crippen LogP contribution in [0, 0.1) is 0 Å². The van der Waals surface area contributed by atoms with Crippen molar-refractivity contribution >= 4 is 32.7 Å². The molecule has 4 unspecified atom stereocenters. The van der Waals surface area contributed by atoms with Gasteiger partial charge >= 0.3 is 0 Å². The maximum absolute atomic E-state index is 15.3. The number of amides is 2. The zero-order valence-corrected chi connectivity index (χ0v) is 28.9. The van der Waals surface area contributed by atoms with Gasteiger partial charge in [-0.3, -0.25) is 9.59 Å². The van der Waals surface area contributed by atoms with Gasteiger partial charge in [0.2, 0.25) is 15.9 Å². The number of fused-ring (bicyclic) bond motifs is 10. The van der Waals surface area contributed by atoms with Gasteiger partial charge in [-0.1, -0.05) is 38.2 Å². The van der Waals surface area contributed by atoms with Crippen LogP contribution in [0.3, 0.4) is 0 Å². The lowest BCUT2D eigenvalue weighted by Crippen LogP contribution is -2.58. The van der Waals surface area contributed by atoms with Gasteiger partial charge in [-0.2, -0.15) is 0 Å². The maximum atomic E-state index is 15.3. The second kappa shape index (κ2) is 11.1. The first-order valence-corrected chi connectivity index (χ1v) is 19.7. The van der Waals surface area contributed by atoms with E-state index in [9.17, 15) is 13.2 Å². The van der Waals surface area contributed by atoms with E-state index < -0.39 is 26.7 Å². The van der Waals surface area contributed by atoms with Gasteiger partial charge in [-0.15, -0.1) is 0 Å². The number of carbonyl (C=O) groups is 2. The number of rotatable bonds is 6. The van der Waals surface area contributed by atoms with Crippen LogP contribution in [0.4, 0.5) is 0 Å². The fourth-order valence-corrected chi connectivity index (χ4v) is 11.9. The second-order valence-corrected chi connectivity index (χ2v) is 17.5. The van der Waals surface area contributed by atoms with Gasteiger partial charge in [0.15, 0.2) is 0 Å². The molecule has 3 aliphatic heterocycles. The highest BCUT2D eigenvalue weighted by Gasteiger charge is 2.68. The Hall–Kier alpha value is -3.37. The first-order chi connectivity index (χ1) is 23.2. The predicted molar refractivity (Wildman–Crippen MR) is 185 cm³/mol. The van der Waals surface area contributed by atoms with Gasteiger partial charge in [0.05, 0.1) is 23.6 Å². The Labute approximate surface area is 283 Å². The van der Waals surface area contributed by atoms with Gasteiger partial charge in [-0.05, 0) is 99.4 Å². The third kappa shape index (κ3) is 4.47. The summed E-state index contributed by atoms with van der Waals surface area (Å²) in [5, 5.41) is 0.555. The molecular weight excluding hydrogens is 625 g/mol. The van der Waals surface area contributed by atoms with Crippen molar-refractivity contribution in [3.8, 4) is 17.0 Å². The Balaban J connectivity index is 1.24. The number of aromatic nitrogens is 1. The summed E-state index contributed by atoms with van der Waals surface area (Å²) in [6.45, 7) is 1.78. The highest BCUT2D eigenvalue weighted by atomic mass is 32.2. The van der Waals surface area contributed by atoms with E-state index in [0.29, 0.717) is 30.7 Å². The number of ether oxygens (including phenoxy) is 1. The smallest absolute Gasteiger partial charge is 0.264 e. The molecule has 2 saturated heterocycles. The average Bonchev–Trinajstić information content (AvgIpc) is 3.34. The number of likely N-dealkylation sites (N-methyl/N-ethyl adjacent to an activating group) is 1. The molecule has 6 aliphatic rings. The number of likely N-dealkylation sites (tertiary alicyclic amines) is 1. The van der Waals surface area contributed by atoms with Crippen LogP contribution in [0.1, 0.15) is 110 Å². The molecule has 9 rings (SSSR count). The topological polar surface area (TPSA) is 101 Å². The SMILES string of the molecule is COc1ccc2c(c1)C1CC1(C(=O)N1C3CCC1CN(C)C3)n1c-2c(C2CCCCC2)c2ccc(C(=O)NS(=O)(=O)C3CCCC3)cc21. The van der Waals surface area contributed by atoms with E-state index in [1.54, 1.807) is 13.2 Å². The van der Waals surface area contributed by atoms with Crippen LogP contribution in [-0.4, -0.2) is 79.2 Å². The standard InChI is InChI=1S/C38H46N4O5S/c1-40-21-25-13-14-26(22-40)41(25)37(44)38-20-32(38)31-19-27(47-2)15-17-29(31)35-34(23-8-4-3-5-9-23)30-16-12-24(18-33(30)42(35)38)36(43)39-48(45,46)28-10-6-7-11-28/h12,15-19,23,25-26,28,32H,3-11,13-14,20-22H2,1-2H3,(H,39,43). The number of nitrogens with one attached hydrogen (secondary N) is 1. The molecule has 254 valence electrons. The second-order valence-electron chi connectivity index (χ2n) is 15.5. The Kier molecular flexibility index (Phi) is 7.07. The zero-order chi connectivity index (χ0) is 32.9. The number of benzene rings is 2. The summed E-state index contributed by atoms with van der Waals surface area (Å²) in [6, 6.07) is 12.4. The van der Waals surface area contributed by atoms with Gasteiger partial charge in [-0.25, -0.2) is 13.1 Å². The van der Waals surface area contributed by atoms with Gasteiger partial charge in [0.1, 0.15) is 11.3 Å². The molecule has 0 spiro atoms. The highest BCUT2D eigenvalue weighted by Crippen LogP contribution is 2.67. The summed E-state index contributed by atoms with van der Waals surface area (Å²) in [4.78, 5) is 33.6. The van der Waals surface area contributed by atoms with Crippen molar-refractivity contribution in [1.29, 1.82) is 0 Å². The summed E-state index contributed by atoms with van der Waals surface area (Å²) in [5.74, 6) is 0.750. The lowest BCUT2D eigenvalue weighted by atomic mass is 9.80. The van der Waals surface area contributed by atoms with Gasteiger partial charge < -0.3 is 19.1 Å². The molecule has 3 saturated carbocycles. The first kappa shape index (κ1) is 30.7. The largest absolute Gasteiger partial charge is 0.497 e. The molecule has 48 heavy (non-hydrogen) atoms. The van der Waals surface area contributed by atoms with Crippen LogP contribution in [0.25, 0.3) is 22.2 Å².